The monoisotopic (exact) mass is 204 g/mol. The van der Waals surface area contributed by atoms with E-state index in [0.717, 1.165) is 11.4 Å². The minimum atomic E-state index is -1.50. The number of nitrogens with two attached hydrogens (primary N) is 1. The molecule has 1 amide bonds. The van der Waals surface area contributed by atoms with Crippen LogP contribution in [0.5, 0.6) is 0 Å². The Balaban J connectivity index is 0. The van der Waals surface area contributed by atoms with Gasteiger partial charge in [-0.15, -0.1) is 10.1 Å². The molecule has 14 heavy (non-hydrogen) atoms. The van der Waals surface area contributed by atoms with E-state index in [1.807, 2.05) is 19.9 Å². The van der Waals surface area contributed by atoms with Gasteiger partial charge in [-0.25, -0.2) is 0 Å². The highest BCUT2D eigenvalue weighted by molar-refractivity contribution is 5.42. The van der Waals surface area contributed by atoms with Crippen LogP contribution in [0.15, 0.2) is 6.07 Å². The SMILES string of the molecule is Cc1cc(C)[nH]n1.NC=O.O=[N+]([O-])O. The summed E-state index contributed by atoms with van der Waals surface area (Å²) >= 11 is 0. The normalized spacial score (nSPS) is 7.29. The van der Waals surface area contributed by atoms with Crippen LogP contribution in [0.3, 0.4) is 0 Å². The minimum Gasteiger partial charge on any atom is -0.372 e. The number of hydrogen-bond acceptors (Lipinski definition) is 4. The fourth-order valence-corrected chi connectivity index (χ4v) is 0.554. The Morgan fingerprint density at radius 2 is 2.07 bits per heavy atom. The standard InChI is InChI=1S/C5H8N2.CH3NO.HNO3/c1-4-3-5(2)7-6-4;2-1-3;2-1(3)4/h3H,1-2H3,(H,6,7);1H,(H2,2,3);(H,2,3,4). The number of aryl methyl sites for hydroxylation is 2. The third-order valence-electron chi connectivity index (χ3n) is 0.834. The Bertz CT molecular complexity index is 252. The molecule has 80 valence electrons. The van der Waals surface area contributed by atoms with Crippen molar-refractivity contribution in [3.8, 4) is 0 Å². The molecule has 8 nitrogen and oxygen atoms in total. The number of aromatic amines is 1. The van der Waals surface area contributed by atoms with Gasteiger partial charge in [0.25, 0.3) is 5.09 Å². The van der Waals surface area contributed by atoms with E-state index in [-0.39, 0.29) is 6.41 Å². The summed E-state index contributed by atoms with van der Waals surface area (Å²) in [6.07, 6.45) is 0.250. The van der Waals surface area contributed by atoms with Crippen LogP contribution < -0.4 is 5.73 Å². The minimum absolute atomic E-state index is 0.250. The smallest absolute Gasteiger partial charge is 0.291 e. The fraction of sp³-hybridized carbons (Fsp3) is 0.333. The molecule has 0 aliphatic heterocycles. The lowest BCUT2D eigenvalue weighted by Gasteiger charge is -1.68. The van der Waals surface area contributed by atoms with Gasteiger partial charge in [0, 0.05) is 5.69 Å². The zero-order valence-corrected chi connectivity index (χ0v) is 7.80. The molecule has 0 spiro atoms. The van der Waals surface area contributed by atoms with E-state index >= 15 is 0 Å². The van der Waals surface area contributed by atoms with Gasteiger partial charge < -0.3 is 10.9 Å². The van der Waals surface area contributed by atoms with Crippen LogP contribution in [0.2, 0.25) is 0 Å². The first-order valence-corrected chi connectivity index (χ1v) is 3.41. The Morgan fingerprint density at radius 3 is 2.14 bits per heavy atom. The molecule has 0 atom stereocenters. The van der Waals surface area contributed by atoms with Crippen molar-refractivity contribution >= 4 is 6.41 Å². The van der Waals surface area contributed by atoms with Crippen molar-refractivity contribution in [2.24, 2.45) is 5.73 Å². The van der Waals surface area contributed by atoms with Crippen LogP contribution >= 0.6 is 0 Å². The molecule has 0 fully saturated rings. The maximum atomic E-state index is 8.58. The van der Waals surface area contributed by atoms with Crippen LogP contribution in [0.4, 0.5) is 0 Å². The summed E-state index contributed by atoms with van der Waals surface area (Å²) in [6.45, 7) is 3.95. The predicted molar refractivity (Wildman–Crippen MR) is 47.1 cm³/mol. The van der Waals surface area contributed by atoms with E-state index in [1.165, 1.54) is 0 Å². The number of primary amides is 1. The molecule has 8 heteroatoms. The van der Waals surface area contributed by atoms with E-state index in [9.17, 15) is 0 Å². The van der Waals surface area contributed by atoms with Gasteiger partial charge in [-0.1, -0.05) is 0 Å². The molecule has 4 N–H and O–H groups in total. The van der Waals surface area contributed by atoms with E-state index in [0.29, 0.717) is 0 Å². The summed E-state index contributed by atoms with van der Waals surface area (Å²) in [5, 5.41) is 20.3. The van der Waals surface area contributed by atoms with Gasteiger partial charge in [-0.05, 0) is 19.9 Å². The number of rotatable bonds is 0. The highest BCUT2D eigenvalue weighted by Gasteiger charge is 1.84. The quantitative estimate of drug-likeness (QED) is 0.305. The van der Waals surface area contributed by atoms with E-state index in [1.54, 1.807) is 0 Å². The largest absolute Gasteiger partial charge is 0.372 e. The molecule has 0 unspecified atom stereocenters. The van der Waals surface area contributed by atoms with Crippen LogP contribution in [-0.2, 0) is 4.79 Å². The number of nitrogens with zero attached hydrogens (tertiary/aromatic N) is 2. The summed E-state index contributed by atoms with van der Waals surface area (Å²) in [5.41, 5.74) is 6.34. The molecule has 1 aromatic heterocycles. The average Bonchev–Trinajstić information content (AvgIpc) is 2.34. The number of carbonyl (C=O) groups is 1. The summed E-state index contributed by atoms with van der Waals surface area (Å²) in [6, 6.07) is 2.00. The Morgan fingerprint density at radius 1 is 1.71 bits per heavy atom. The van der Waals surface area contributed by atoms with E-state index in [4.69, 9.17) is 20.1 Å². The number of aromatic nitrogens is 2. The molecule has 0 saturated heterocycles. The average molecular weight is 204 g/mol. The van der Waals surface area contributed by atoms with Crippen molar-refractivity contribution in [1.29, 1.82) is 0 Å². The third kappa shape index (κ3) is 16.5. The number of hydrogen-bond donors (Lipinski definition) is 3. The van der Waals surface area contributed by atoms with E-state index in [2.05, 4.69) is 15.9 Å². The Hall–Kier alpha value is -2.12. The van der Waals surface area contributed by atoms with Crippen LogP contribution in [0, 0.1) is 24.0 Å². The van der Waals surface area contributed by atoms with Crippen molar-refractivity contribution in [3.63, 3.8) is 0 Å². The molecule has 0 aliphatic carbocycles. The number of carbonyl (C=O) groups excluding carboxylic acids is 1. The first kappa shape index (κ1) is 14.4. The van der Waals surface area contributed by atoms with Gasteiger partial charge in [0.05, 0.1) is 5.69 Å². The molecular formula is C6H12N4O4. The first-order chi connectivity index (χ1) is 6.43. The lowest BCUT2D eigenvalue weighted by Crippen LogP contribution is -1.82. The molecule has 0 saturated carbocycles. The topological polar surface area (TPSA) is 135 Å². The van der Waals surface area contributed by atoms with E-state index < -0.39 is 5.09 Å². The maximum absolute atomic E-state index is 8.58. The highest BCUT2D eigenvalue weighted by Crippen LogP contribution is 1.92. The molecule has 1 heterocycles. The van der Waals surface area contributed by atoms with Gasteiger partial charge in [0.2, 0.25) is 6.41 Å². The number of amides is 1. The molecule has 0 aromatic carbocycles. The molecule has 1 rings (SSSR count). The van der Waals surface area contributed by atoms with Crippen molar-refractivity contribution in [3.05, 3.63) is 27.6 Å². The van der Waals surface area contributed by atoms with Crippen molar-refractivity contribution in [2.45, 2.75) is 13.8 Å². The van der Waals surface area contributed by atoms with Gasteiger partial charge in [-0.2, -0.15) is 5.10 Å². The summed E-state index contributed by atoms with van der Waals surface area (Å²) < 4.78 is 0. The molecule has 1 aromatic rings. The second-order valence-electron chi connectivity index (χ2n) is 2.07. The zero-order valence-electron chi connectivity index (χ0n) is 7.80. The molecular weight excluding hydrogens is 192 g/mol. The van der Waals surface area contributed by atoms with Gasteiger partial charge in [0.15, 0.2) is 0 Å². The second kappa shape index (κ2) is 8.97. The molecule has 0 radical (unpaired) electrons. The fourth-order valence-electron chi connectivity index (χ4n) is 0.554. The summed E-state index contributed by atoms with van der Waals surface area (Å²) in [7, 11) is 0. The molecule has 0 bridgehead atoms. The Kier molecular flexibility index (Phi) is 9.23. The van der Waals surface area contributed by atoms with Crippen LogP contribution in [-0.4, -0.2) is 26.9 Å². The lowest BCUT2D eigenvalue weighted by atomic mass is 10.4. The zero-order chi connectivity index (χ0) is 11.6. The molecule has 0 aliphatic rings. The lowest BCUT2D eigenvalue weighted by molar-refractivity contribution is -0.742. The first-order valence-electron chi connectivity index (χ1n) is 3.41. The number of nitrogens with one attached hydrogen (secondary N) is 1. The van der Waals surface area contributed by atoms with Gasteiger partial charge >= 0.3 is 0 Å². The number of H-pyrrole nitrogens is 1. The second-order valence-corrected chi connectivity index (χ2v) is 2.07. The van der Waals surface area contributed by atoms with Crippen molar-refractivity contribution < 1.29 is 15.1 Å². The van der Waals surface area contributed by atoms with Crippen molar-refractivity contribution in [1.82, 2.24) is 10.2 Å². The summed E-state index contributed by atoms with van der Waals surface area (Å²) in [4.78, 5) is 16.9. The van der Waals surface area contributed by atoms with Crippen LogP contribution in [0.1, 0.15) is 11.4 Å². The maximum Gasteiger partial charge on any atom is 0.291 e. The summed E-state index contributed by atoms with van der Waals surface area (Å²) in [5.74, 6) is 0. The van der Waals surface area contributed by atoms with Crippen LogP contribution in [0.25, 0.3) is 0 Å². The van der Waals surface area contributed by atoms with Gasteiger partial charge in [0.1, 0.15) is 0 Å². The van der Waals surface area contributed by atoms with Crippen molar-refractivity contribution in [2.75, 3.05) is 0 Å². The predicted octanol–water partition coefficient (Wildman–Crippen LogP) is -0.220. The van der Waals surface area contributed by atoms with Gasteiger partial charge in [-0.3, -0.25) is 9.89 Å². The third-order valence-corrected chi connectivity index (χ3v) is 0.834. The Labute approximate surface area is 79.8 Å². The highest BCUT2D eigenvalue weighted by atomic mass is 16.9.